The Morgan fingerprint density at radius 2 is 2.07 bits per heavy atom. The van der Waals surface area contributed by atoms with Crippen LogP contribution in [0, 0.1) is 29.1 Å². The molecule has 0 N–H and O–H groups in total. The second kappa shape index (κ2) is 5.28. The number of ketones is 3. The quantitative estimate of drug-likeness (QED) is 0.714. The van der Waals surface area contributed by atoms with Gasteiger partial charge >= 0.3 is 0 Å². The zero-order chi connectivity index (χ0) is 19.2. The Kier molecular flexibility index (Phi) is 3.43. The van der Waals surface area contributed by atoms with Gasteiger partial charge in [-0.3, -0.25) is 14.4 Å². The third-order valence-corrected chi connectivity index (χ3v) is 8.17. The maximum atomic E-state index is 13.4. The Bertz CT molecular complexity index is 820. The molecule has 0 radical (unpaired) electrons. The number of hydrogen-bond acceptors (Lipinski definition) is 4. The van der Waals surface area contributed by atoms with Gasteiger partial charge in [0.15, 0.2) is 17.2 Å². The van der Waals surface area contributed by atoms with E-state index in [0.717, 1.165) is 31.3 Å². The van der Waals surface area contributed by atoms with Gasteiger partial charge in [-0.2, -0.15) is 0 Å². The van der Waals surface area contributed by atoms with E-state index in [9.17, 15) is 14.4 Å². The molecule has 1 aliphatic heterocycles. The van der Waals surface area contributed by atoms with E-state index >= 15 is 0 Å². The highest BCUT2D eigenvalue weighted by molar-refractivity contribution is 6.02. The van der Waals surface area contributed by atoms with Crippen LogP contribution in [0.5, 0.6) is 0 Å². The molecule has 6 atom stereocenters. The van der Waals surface area contributed by atoms with E-state index in [1.807, 2.05) is 6.08 Å². The van der Waals surface area contributed by atoms with Crippen molar-refractivity contribution in [2.24, 2.45) is 29.1 Å². The first-order valence-electron chi connectivity index (χ1n) is 10.4. The van der Waals surface area contributed by atoms with Crippen molar-refractivity contribution < 1.29 is 19.1 Å². The number of fused-ring (bicyclic) bond motifs is 4. The monoisotopic (exact) mass is 368 g/mol. The van der Waals surface area contributed by atoms with Crippen LogP contribution in [0.1, 0.15) is 59.3 Å². The van der Waals surface area contributed by atoms with Gasteiger partial charge in [0, 0.05) is 24.2 Å². The van der Waals surface area contributed by atoms with Crippen LogP contribution in [0.2, 0.25) is 0 Å². The van der Waals surface area contributed by atoms with Gasteiger partial charge in [-0.1, -0.05) is 32.4 Å². The van der Waals surface area contributed by atoms with Crippen molar-refractivity contribution in [3.8, 4) is 0 Å². The lowest BCUT2D eigenvalue weighted by Gasteiger charge is -2.52. The Morgan fingerprint density at radius 3 is 2.81 bits per heavy atom. The minimum absolute atomic E-state index is 0.0327. The number of Topliss-reactive ketones (excluding diaryl/α,β-unsaturated/α-hetero) is 2. The molecule has 0 unspecified atom stereocenters. The van der Waals surface area contributed by atoms with Gasteiger partial charge in [0.25, 0.3) is 0 Å². The largest absolute Gasteiger partial charge is 0.353 e. The van der Waals surface area contributed by atoms with Crippen LogP contribution in [0.25, 0.3) is 0 Å². The minimum Gasteiger partial charge on any atom is -0.353 e. The van der Waals surface area contributed by atoms with Gasteiger partial charge in [0.2, 0.25) is 0 Å². The number of epoxide rings is 1. The SMILES string of the molecule is CC(C)CC(=O)[C@@]12CC[C@H]3[C@@H]4CCC5=CC(=O)C=C[C@]5(C)[C@H]4C(=O)C[C@@]31O2. The van der Waals surface area contributed by atoms with Crippen molar-refractivity contribution in [1.82, 2.24) is 0 Å². The van der Waals surface area contributed by atoms with Gasteiger partial charge in [-0.15, -0.1) is 0 Å². The summed E-state index contributed by atoms with van der Waals surface area (Å²) in [6.45, 7) is 6.24. The fourth-order valence-corrected chi connectivity index (χ4v) is 7.04. The molecule has 5 rings (SSSR count). The molecule has 0 aromatic carbocycles. The third kappa shape index (κ3) is 2.05. The summed E-state index contributed by atoms with van der Waals surface area (Å²) in [4.78, 5) is 38.2. The zero-order valence-electron chi connectivity index (χ0n) is 16.4. The Morgan fingerprint density at radius 1 is 1.30 bits per heavy atom. The van der Waals surface area contributed by atoms with Crippen molar-refractivity contribution in [3.63, 3.8) is 0 Å². The molecule has 27 heavy (non-hydrogen) atoms. The number of carbonyl (C=O) groups excluding carboxylic acids is 3. The highest BCUT2D eigenvalue weighted by Gasteiger charge is 2.83. The maximum absolute atomic E-state index is 13.4. The highest BCUT2D eigenvalue weighted by Crippen LogP contribution is 2.72. The lowest BCUT2D eigenvalue weighted by molar-refractivity contribution is -0.138. The van der Waals surface area contributed by atoms with E-state index in [-0.39, 0.29) is 34.6 Å². The molecule has 144 valence electrons. The van der Waals surface area contributed by atoms with Gasteiger partial charge in [-0.05, 0) is 55.6 Å². The first kappa shape index (κ1) is 17.5. The molecule has 0 bridgehead atoms. The van der Waals surface area contributed by atoms with E-state index in [1.165, 1.54) is 0 Å². The summed E-state index contributed by atoms with van der Waals surface area (Å²) in [5.74, 6) is 1.23. The molecule has 3 saturated carbocycles. The number of carbonyl (C=O) groups is 3. The van der Waals surface area contributed by atoms with Crippen LogP contribution in [0.3, 0.4) is 0 Å². The molecule has 5 aliphatic rings. The van der Waals surface area contributed by atoms with E-state index in [1.54, 1.807) is 12.2 Å². The van der Waals surface area contributed by atoms with Gasteiger partial charge < -0.3 is 4.74 Å². The maximum Gasteiger partial charge on any atom is 0.178 e. The van der Waals surface area contributed by atoms with Crippen LogP contribution >= 0.6 is 0 Å². The fourth-order valence-electron chi connectivity index (χ4n) is 7.04. The molecule has 4 nitrogen and oxygen atoms in total. The van der Waals surface area contributed by atoms with E-state index in [2.05, 4.69) is 20.8 Å². The molecular weight excluding hydrogens is 340 g/mol. The molecule has 1 spiro atoms. The lowest BCUT2D eigenvalue weighted by Crippen LogP contribution is -2.54. The summed E-state index contributed by atoms with van der Waals surface area (Å²) in [6.07, 6.45) is 9.78. The molecule has 4 heteroatoms. The van der Waals surface area contributed by atoms with Crippen LogP contribution < -0.4 is 0 Å². The van der Waals surface area contributed by atoms with E-state index < -0.39 is 11.2 Å². The summed E-state index contributed by atoms with van der Waals surface area (Å²) < 4.78 is 6.24. The number of allylic oxidation sites excluding steroid dienone is 4. The third-order valence-electron chi connectivity index (χ3n) is 8.17. The average molecular weight is 368 g/mol. The Labute approximate surface area is 160 Å². The predicted octanol–water partition coefficient (Wildman–Crippen LogP) is 3.59. The van der Waals surface area contributed by atoms with E-state index in [0.29, 0.717) is 24.7 Å². The number of hydrogen-bond donors (Lipinski definition) is 0. The molecule has 4 aliphatic carbocycles. The highest BCUT2D eigenvalue weighted by atomic mass is 16.6. The predicted molar refractivity (Wildman–Crippen MR) is 99.9 cm³/mol. The first-order valence-corrected chi connectivity index (χ1v) is 10.4. The van der Waals surface area contributed by atoms with Gasteiger partial charge in [0.05, 0.1) is 0 Å². The number of rotatable bonds is 3. The number of ether oxygens (including phenoxy) is 1. The second-order valence-corrected chi connectivity index (χ2v) is 10.00. The summed E-state index contributed by atoms with van der Waals surface area (Å²) in [6, 6.07) is 0. The second-order valence-electron chi connectivity index (χ2n) is 10.00. The zero-order valence-corrected chi connectivity index (χ0v) is 16.4. The minimum atomic E-state index is -0.683. The average Bonchev–Trinajstić information content (AvgIpc) is 3.11. The summed E-state index contributed by atoms with van der Waals surface area (Å²) in [5, 5.41) is 0. The molecular formula is C23H28O4. The van der Waals surface area contributed by atoms with Crippen LogP contribution in [-0.4, -0.2) is 28.6 Å². The summed E-state index contributed by atoms with van der Waals surface area (Å²) in [7, 11) is 0. The van der Waals surface area contributed by atoms with Crippen LogP contribution in [-0.2, 0) is 19.1 Å². The van der Waals surface area contributed by atoms with Gasteiger partial charge in [-0.25, -0.2) is 0 Å². The fraction of sp³-hybridized carbons (Fsp3) is 0.696. The summed E-state index contributed by atoms with van der Waals surface area (Å²) >= 11 is 0. The molecule has 0 aromatic rings. The molecule has 4 fully saturated rings. The van der Waals surface area contributed by atoms with Crippen molar-refractivity contribution in [2.45, 2.75) is 70.5 Å². The molecule has 1 heterocycles. The first-order chi connectivity index (χ1) is 12.7. The van der Waals surface area contributed by atoms with Crippen LogP contribution in [0.4, 0.5) is 0 Å². The van der Waals surface area contributed by atoms with Crippen LogP contribution in [0.15, 0.2) is 23.8 Å². The van der Waals surface area contributed by atoms with Crippen molar-refractivity contribution in [1.29, 1.82) is 0 Å². The van der Waals surface area contributed by atoms with Crippen molar-refractivity contribution >= 4 is 17.3 Å². The smallest absolute Gasteiger partial charge is 0.178 e. The van der Waals surface area contributed by atoms with Gasteiger partial charge in [0.1, 0.15) is 11.4 Å². The standard InChI is InChI=1S/C23H28O4/c1-13(2)10-19(26)22-9-7-17-16-5-4-14-11-15(24)6-8-21(14,3)20(16)18(25)12-23(17,22)27-22/h6,8,11,13,16-17,20H,4-5,7,9-10,12H2,1-3H3/t16-,17-,20+,21-,22-,23+/m0/s1. The summed E-state index contributed by atoms with van der Waals surface area (Å²) in [5.41, 5.74) is -0.448. The Hall–Kier alpha value is -1.55. The topological polar surface area (TPSA) is 63.7 Å². The van der Waals surface area contributed by atoms with Crippen molar-refractivity contribution in [2.75, 3.05) is 0 Å². The molecule has 0 amide bonds. The lowest BCUT2D eigenvalue weighted by atomic mass is 9.50. The van der Waals surface area contributed by atoms with Crippen molar-refractivity contribution in [3.05, 3.63) is 23.8 Å². The molecule has 0 aromatic heterocycles. The van der Waals surface area contributed by atoms with E-state index in [4.69, 9.17) is 4.74 Å². The Balaban J connectivity index is 1.49. The molecule has 1 saturated heterocycles. The normalized spacial score (nSPS) is 47.1.